The standard InChI is InChI=1S/C25H28F3N7O/c1-17-12-33(22-7-6-20(11-30-22)25(26,27)28)13-18(2)34(17)16-24(36)32-10-8-21-19(14-32)15-35(31-21)23-5-3-4-9-29-23/h3-7,9,11,15,17-18H,8,10,12-14,16H2,1-2H3/t17-,18+. The molecule has 0 N–H and O–H groups in total. The molecule has 0 aromatic carbocycles. The van der Waals surface area contributed by atoms with Gasteiger partial charge >= 0.3 is 6.18 Å². The van der Waals surface area contributed by atoms with E-state index in [-0.39, 0.29) is 18.0 Å². The molecule has 0 unspecified atom stereocenters. The molecule has 2 atom stereocenters. The van der Waals surface area contributed by atoms with E-state index >= 15 is 0 Å². The lowest BCUT2D eigenvalue weighted by molar-refractivity contribution is -0.138. The van der Waals surface area contributed by atoms with E-state index in [4.69, 9.17) is 0 Å². The van der Waals surface area contributed by atoms with Crippen molar-refractivity contribution in [1.82, 2.24) is 29.5 Å². The molecule has 2 aliphatic heterocycles. The smallest absolute Gasteiger partial charge is 0.354 e. The number of rotatable bonds is 4. The molecule has 8 nitrogen and oxygen atoms in total. The zero-order chi connectivity index (χ0) is 25.4. The summed E-state index contributed by atoms with van der Waals surface area (Å²) >= 11 is 0. The Hall–Kier alpha value is -3.47. The summed E-state index contributed by atoms with van der Waals surface area (Å²) in [5.74, 6) is 1.32. The molecule has 0 spiro atoms. The number of halogens is 3. The Morgan fingerprint density at radius 1 is 1.06 bits per heavy atom. The highest BCUT2D eigenvalue weighted by atomic mass is 19.4. The lowest BCUT2D eigenvalue weighted by atomic mass is 10.1. The number of hydrogen-bond donors (Lipinski definition) is 0. The minimum Gasteiger partial charge on any atom is -0.354 e. The summed E-state index contributed by atoms with van der Waals surface area (Å²) in [6.07, 6.45) is 0.831. The summed E-state index contributed by atoms with van der Waals surface area (Å²) in [6, 6.07) is 8.21. The number of aromatic nitrogens is 4. The predicted molar refractivity (Wildman–Crippen MR) is 128 cm³/mol. The first kappa shape index (κ1) is 24.2. The minimum absolute atomic E-state index is 0.0362. The molecular weight excluding hydrogens is 471 g/mol. The lowest BCUT2D eigenvalue weighted by Crippen LogP contribution is -2.59. The van der Waals surface area contributed by atoms with Gasteiger partial charge in [0.2, 0.25) is 5.91 Å². The van der Waals surface area contributed by atoms with Crippen LogP contribution in [0.25, 0.3) is 5.82 Å². The number of amides is 1. The third kappa shape index (κ3) is 4.92. The summed E-state index contributed by atoms with van der Waals surface area (Å²) < 4.78 is 40.4. The van der Waals surface area contributed by atoms with Crippen molar-refractivity contribution in [2.24, 2.45) is 0 Å². The highest BCUT2D eigenvalue weighted by Gasteiger charge is 2.34. The second-order valence-electron chi connectivity index (χ2n) is 9.48. The van der Waals surface area contributed by atoms with Crippen LogP contribution < -0.4 is 4.90 Å². The quantitative estimate of drug-likeness (QED) is 0.549. The molecule has 190 valence electrons. The van der Waals surface area contributed by atoms with Gasteiger partial charge in [0.05, 0.1) is 17.8 Å². The van der Waals surface area contributed by atoms with Crippen LogP contribution in [0.4, 0.5) is 19.0 Å². The predicted octanol–water partition coefficient (Wildman–Crippen LogP) is 3.17. The first-order valence-corrected chi connectivity index (χ1v) is 12.0. The summed E-state index contributed by atoms with van der Waals surface area (Å²) in [5, 5.41) is 4.64. The van der Waals surface area contributed by atoms with Gasteiger partial charge in [0, 0.05) is 68.8 Å². The Morgan fingerprint density at radius 3 is 2.47 bits per heavy atom. The van der Waals surface area contributed by atoms with E-state index in [0.717, 1.165) is 29.3 Å². The van der Waals surface area contributed by atoms with Crippen LogP contribution in [0.15, 0.2) is 48.9 Å². The zero-order valence-corrected chi connectivity index (χ0v) is 20.2. The highest BCUT2D eigenvalue weighted by Crippen LogP contribution is 2.30. The molecule has 2 aliphatic rings. The molecule has 3 aromatic rings. The fourth-order valence-electron chi connectivity index (χ4n) is 4.99. The third-order valence-corrected chi connectivity index (χ3v) is 6.91. The fraction of sp³-hybridized carbons (Fsp3) is 0.440. The van der Waals surface area contributed by atoms with E-state index in [2.05, 4.69) is 20.0 Å². The molecule has 36 heavy (non-hydrogen) atoms. The Labute approximate surface area is 207 Å². The van der Waals surface area contributed by atoms with E-state index in [1.54, 1.807) is 10.9 Å². The lowest BCUT2D eigenvalue weighted by Gasteiger charge is -2.45. The van der Waals surface area contributed by atoms with Crippen molar-refractivity contribution in [2.45, 2.75) is 45.1 Å². The van der Waals surface area contributed by atoms with Gasteiger partial charge < -0.3 is 9.80 Å². The molecular formula is C25H28F3N7O. The average molecular weight is 500 g/mol. The van der Waals surface area contributed by atoms with Gasteiger partial charge in [0.15, 0.2) is 5.82 Å². The van der Waals surface area contributed by atoms with Crippen molar-refractivity contribution in [1.29, 1.82) is 0 Å². The van der Waals surface area contributed by atoms with Crippen molar-refractivity contribution in [3.05, 3.63) is 65.7 Å². The Kier molecular flexibility index (Phi) is 6.42. The molecule has 0 saturated carbocycles. The van der Waals surface area contributed by atoms with E-state index < -0.39 is 11.7 Å². The van der Waals surface area contributed by atoms with Crippen molar-refractivity contribution in [3.63, 3.8) is 0 Å². The normalized spacial score (nSPS) is 20.9. The topological polar surface area (TPSA) is 70.4 Å². The number of carbonyl (C=O) groups excluding carboxylic acids is 1. The maximum Gasteiger partial charge on any atom is 0.417 e. The van der Waals surface area contributed by atoms with Gasteiger partial charge in [0.25, 0.3) is 0 Å². The van der Waals surface area contributed by atoms with Crippen LogP contribution in [0.1, 0.15) is 30.7 Å². The van der Waals surface area contributed by atoms with Crippen LogP contribution >= 0.6 is 0 Å². The number of carbonyl (C=O) groups is 1. The van der Waals surface area contributed by atoms with Gasteiger partial charge in [-0.2, -0.15) is 18.3 Å². The molecule has 0 aliphatic carbocycles. The molecule has 1 saturated heterocycles. The number of alkyl halides is 3. The molecule has 11 heteroatoms. The number of nitrogens with zero attached hydrogens (tertiary/aromatic N) is 7. The van der Waals surface area contributed by atoms with Crippen molar-refractivity contribution in [3.8, 4) is 5.82 Å². The van der Waals surface area contributed by atoms with Crippen LogP contribution in [0, 0.1) is 0 Å². The van der Waals surface area contributed by atoms with Gasteiger partial charge in [-0.3, -0.25) is 9.69 Å². The van der Waals surface area contributed by atoms with E-state index in [0.29, 0.717) is 45.0 Å². The van der Waals surface area contributed by atoms with E-state index in [9.17, 15) is 18.0 Å². The van der Waals surface area contributed by atoms with Gasteiger partial charge in [-0.15, -0.1) is 0 Å². The molecule has 0 radical (unpaired) electrons. The molecule has 5 heterocycles. The molecule has 3 aromatic heterocycles. The number of pyridine rings is 2. The maximum absolute atomic E-state index is 13.2. The third-order valence-electron chi connectivity index (χ3n) is 6.91. The second-order valence-corrected chi connectivity index (χ2v) is 9.48. The molecule has 0 bridgehead atoms. The number of anilines is 1. The monoisotopic (exact) mass is 499 g/mol. The summed E-state index contributed by atoms with van der Waals surface area (Å²) in [5.41, 5.74) is 1.26. The number of fused-ring (bicyclic) bond motifs is 1. The summed E-state index contributed by atoms with van der Waals surface area (Å²) in [6.45, 7) is 6.65. The van der Waals surface area contributed by atoms with Gasteiger partial charge in [-0.05, 0) is 38.1 Å². The first-order valence-electron chi connectivity index (χ1n) is 12.0. The Morgan fingerprint density at radius 2 is 1.83 bits per heavy atom. The highest BCUT2D eigenvalue weighted by molar-refractivity contribution is 5.78. The number of piperazine rings is 1. The summed E-state index contributed by atoms with van der Waals surface area (Å²) in [7, 11) is 0. The Balaban J connectivity index is 1.21. The van der Waals surface area contributed by atoms with Gasteiger partial charge in [-0.25, -0.2) is 14.6 Å². The van der Waals surface area contributed by atoms with Gasteiger partial charge in [-0.1, -0.05) is 6.07 Å². The largest absolute Gasteiger partial charge is 0.417 e. The van der Waals surface area contributed by atoms with E-state index in [1.807, 2.05) is 48.0 Å². The average Bonchev–Trinajstić information content (AvgIpc) is 3.30. The van der Waals surface area contributed by atoms with Crippen LogP contribution in [-0.4, -0.2) is 73.7 Å². The fourth-order valence-corrected chi connectivity index (χ4v) is 4.99. The van der Waals surface area contributed by atoms with Crippen LogP contribution in [0.3, 0.4) is 0 Å². The second kappa shape index (κ2) is 9.53. The van der Waals surface area contributed by atoms with Crippen LogP contribution in [0.5, 0.6) is 0 Å². The van der Waals surface area contributed by atoms with Crippen LogP contribution in [0.2, 0.25) is 0 Å². The van der Waals surface area contributed by atoms with Crippen molar-refractivity contribution in [2.75, 3.05) is 31.1 Å². The van der Waals surface area contributed by atoms with Crippen molar-refractivity contribution >= 4 is 11.7 Å². The van der Waals surface area contributed by atoms with Crippen LogP contribution in [-0.2, 0) is 23.9 Å². The molecule has 1 fully saturated rings. The van der Waals surface area contributed by atoms with Gasteiger partial charge in [0.1, 0.15) is 5.82 Å². The summed E-state index contributed by atoms with van der Waals surface area (Å²) in [4.78, 5) is 27.6. The Bertz CT molecular complexity index is 1200. The zero-order valence-electron chi connectivity index (χ0n) is 20.2. The first-order chi connectivity index (χ1) is 17.2. The maximum atomic E-state index is 13.2. The van der Waals surface area contributed by atoms with Crippen molar-refractivity contribution < 1.29 is 18.0 Å². The minimum atomic E-state index is -4.41. The number of hydrogen-bond acceptors (Lipinski definition) is 6. The SMILES string of the molecule is C[C@@H]1CN(c2ccc(C(F)(F)F)cn2)C[C@H](C)N1CC(=O)N1CCc2nn(-c3ccccn3)cc2C1. The molecule has 5 rings (SSSR count). The molecule has 1 amide bonds. The van der Waals surface area contributed by atoms with E-state index in [1.165, 1.54) is 6.07 Å².